The van der Waals surface area contributed by atoms with Crippen LogP contribution in [0.4, 0.5) is 0 Å². The first kappa shape index (κ1) is 16.9. The van der Waals surface area contributed by atoms with Crippen molar-refractivity contribution in [2.45, 2.75) is 38.8 Å². The first-order valence-corrected chi connectivity index (χ1v) is 10.3. The maximum absolute atomic E-state index is 5.89. The Morgan fingerprint density at radius 1 is 0.652 bits per heavy atom. The standard InChI is InChI=1S/C18H22N2S3/c1-11(19)9-13-3-5-15(21-13)17-7-8-18(23-17)16-6-4-14(22-16)10-12(2)20/h3-8,11-12H,9-10,19-20H2,1-2H3. The molecule has 23 heavy (non-hydrogen) atoms. The second-order valence-corrected chi connectivity index (χ2v) is 9.48. The molecule has 3 rings (SSSR count). The van der Waals surface area contributed by atoms with E-state index in [-0.39, 0.29) is 12.1 Å². The van der Waals surface area contributed by atoms with E-state index in [2.05, 4.69) is 50.2 Å². The summed E-state index contributed by atoms with van der Waals surface area (Å²) in [4.78, 5) is 8.07. The van der Waals surface area contributed by atoms with Crippen molar-refractivity contribution < 1.29 is 0 Å². The molecule has 0 saturated carbocycles. The Bertz CT molecular complexity index is 702. The highest BCUT2D eigenvalue weighted by Crippen LogP contribution is 2.40. The molecule has 4 N–H and O–H groups in total. The molecule has 0 aromatic carbocycles. The summed E-state index contributed by atoms with van der Waals surface area (Å²) in [5.74, 6) is 0. The topological polar surface area (TPSA) is 52.0 Å². The maximum Gasteiger partial charge on any atom is 0.0449 e. The zero-order valence-corrected chi connectivity index (χ0v) is 15.9. The molecule has 3 aromatic heterocycles. The second-order valence-electron chi connectivity index (χ2n) is 6.06. The van der Waals surface area contributed by atoms with Gasteiger partial charge in [0, 0.05) is 41.3 Å². The van der Waals surface area contributed by atoms with Crippen LogP contribution < -0.4 is 11.5 Å². The molecule has 0 spiro atoms. The third-order valence-corrected chi connectivity index (χ3v) is 7.15. The van der Waals surface area contributed by atoms with Gasteiger partial charge < -0.3 is 11.5 Å². The molecular formula is C18H22N2S3. The predicted octanol–water partition coefficient (Wildman–Crippen LogP) is 4.98. The summed E-state index contributed by atoms with van der Waals surface area (Å²) in [6, 6.07) is 13.7. The SMILES string of the molecule is CC(N)Cc1ccc(-c2ccc(-c3ccc(CC(C)N)s3)s2)s1. The van der Waals surface area contributed by atoms with E-state index in [0.717, 1.165) is 12.8 Å². The highest BCUT2D eigenvalue weighted by Gasteiger charge is 2.10. The monoisotopic (exact) mass is 362 g/mol. The molecular weight excluding hydrogens is 340 g/mol. The number of hydrogen-bond donors (Lipinski definition) is 2. The lowest BCUT2D eigenvalue weighted by atomic mass is 10.2. The van der Waals surface area contributed by atoms with Crippen LogP contribution in [0.2, 0.25) is 0 Å². The zero-order valence-electron chi connectivity index (χ0n) is 13.4. The van der Waals surface area contributed by atoms with Crippen molar-refractivity contribution in [2.75, 3.05) is 0 Å². The lowest BCUT2D eigenvalue weighted by Crippen LogP contribution is -2.16. The Kier molecular flexibility index (Phi) is 5.34. The minimum absolute atomic E-state index is 0.217. The molecule has 0 aliphatic rings. The first-order valence-electron chi connectivity index (χ1n) is 7.80. The molecule has 5 heteroatoms. The average Bonchev–Trinajstić information content (AvgIpc) is 3.15. The van der Waals surface area contributed by atoms with E-state index in [0.29, 0.717) is 0 Å². The van der Waals surface area contributed by atoms with Gasteiger partial charge in [-0.2, -0.15) is 0 Å². The molecule has 3 heterocycles. The van der Waals surface area contributed by atoms with E-state index in [9.17, 15) is 0 Å². The Labute approximate surface area is 149 Å². The molecule has 0 aliphatic heterocycles. The number of thiophene rings is 3. The quantitative estimate of drug-likeness (QED) is 0.649. The first-order chi connectivity index (χ1) is 11.0. The minimum atomic E-state index is 0.217. The van der Waals surface area contributed by atoms with Crippen LogP contribution in [-0.2, 0) is 12.8 Å². The van der Waals surface area contributed by atoms with Crippen molar-refractivity contribution in [1.82, 2.24) is 0 Å². The van der Waals surface area contributed by atoms with Crippen molar-refractivity contribution in [3.63, 3.8) is 0 Å². The van der Waals surface area contributed by atoms with E-state index in [4.69, 9.17) is 11.5 Å². The van der Waals surface area contributed by atoms with Gasteiger partial charge in [0.2, 0.25) is 0 Å². The third-order valence-electron chi connectivity index (χ3n) is 3.46. The van der Waals surface area contributed by atoms with Gasteiger partial charge in [-0.15, -0.1) is 34.0 Å². The van der Waals surface area contributed by atoms with Gasteiger partial charge in [-0.3, -0.25) is 0 Å². The largest absolute Gasteiger partial charge is 0.328 e. The van der Waals surface area contributed by atoms with Gasteiger partial charge in [-0.1, -0.05) is 0 Å². The molecule has 0 fully saturated rings. The molecule has 0 radical (unpaired) electrons. The zero-order chi connectivity index (χ0) is 16.4. The molecule has 0 aliphatic carbocycles. The number of nitrogens with two attached hydrogens (primary N) is 2. The Morgan fingerprint density at radius 2 is 1.00 bits per heavy atom. The average molecular weight is 363 g/mol. The molecule has 0 saturated heterocycles. The molecule has 2 unspecified atom stereocenters. The van der Waals surface area contributed by atoms with Gasteiger partial charge in [0.25, 0.3) is 0 Å². The number of hydrogen-bond acceptors (Lipinski definition) is 5. The molecule has 2 nitrogen and oxygen atoms in total. The van der Waals surface area contributed by atoms with Crippen LogP contribution >= 0.6 is 34.0 Å². The highest BCUT2D eigenvalue weighted by molar-refractivity contribution is 7.26. The number of rotatable bonds is 6. The van der Waals surface area contributed by atoms with Crippen LogP contribution in [0.5, 0.6) is 0 Å². The fourth-order valence-corrected chi connectivity index (χ4v) is 5.96. The van der Waals surface area contributed by atoms with E-state index in [1.807, 2.05) is 34.0 Å². The molecule has 122 valence electrons. The summed E-state index contributed by atoms with van der Waals surface area (Å²) >= 11 is 5.57. The normalized spacial score (nSPS) is 14.1. The van der Waals surface area contributed by atoms with Gasteiger partial charge in [-0.05, 0) is 63.1 Å². The fraction of sp³-hybridized carbons (Fsp3) is 0.333. The Hall–Kier alpha value is -0.980. The fourth-order valence-electron chi connectivity index (χ4n) is 2.48. The van der Waals surface area contributed by atoms with Crippen LogP contribution in [0.3, 0.4) is 0 Å². The third kappa shape index (κ3) is 4.31. The summed E-state index contributed by atoms with van der Waals surface area (Å²) in [5.41, 5.74) is 11.8. The van der Waals surface area contributed by atoms with Crippen molar-refractivity contribution in [2.24, 2.45) is 11.5 Å². The van der Waals surface area contributed by atoms with E-state index in [1.165, 1.54) is 29.3 Å². The Balaban J connectivity index is 1.77. The smallest absolute Gasteiger partial charge is 0.0449 e. The van der Waals surface area contributed by atoms with Gasteiger partial charge in [0.05, 0.1) is 0 Å². The molecule has 0 amide bonds. The van der Waals surface area contributed by atoms with E-state index < -0.39 is 0 Å². The Morgan fingerprint density at radius 3 is 1.39 bits per heavy atom. The predicted molar refractivity (Wildman–Crippen MR) is 106 cm³/mol. The van der Waals surface area contributed by atoms with Crippen molar-refractivity contribution in [3.8, 4) is 19.5 Å². The second kappa shape index (κ2) is 7.28. The van der Waals surface area contributed by atoms with Crippen molar-refractivity contribution >= 4 is 34.0 Å². The van der Waals surface area contributed by atoms with Crippen molar-refractivity contribution in [3.05, 3.63) is 46.2 Å². The lowest BCUT2D eigenvalue weighted by Gasteiger charge is -2.00. The summed E-state index contributed by atoms with van der Waals surface area (Å²) in [5, 5.41) is 0. The summed E-state index contributed by atoms with van der Waals surface area (Å²) in [6.07, 6.45) is 1.91. The van der Waals surface area contributed by atoms with Crippen LogP contribution in [0.15, 0.2) is 36.4 Å². The van der Waals surface area contributed by atoms with Gasteiger partial charge in [0.15, 0.2) is 0 Å². The highest BCUT2D eigenvalue weighted by atomic mass is 32.1. The van der Waals surface area contributed by atoms with Crippen LogP contribution in [0.25, 0.3) is 19.5 Å². The van der Waals surface area contributed by atoms with Crippen LogP contribution in [0.1, 0.15) is 23.6 Å². The molecule has 3 aromatic rings. The van der Waals surface area contributed by atoms with Gasteiger partial charge in [-0.25, -0.2) is 0 Å². The minimum Gasteiger partial charge on any atom is -0.328 e. The van der Waals surface area contributed by atoms with Crippen molar-refractivity contribution in [1.29, 1.82) is 0 Å². The molecule has 2 atom stereocenters. The van der Waals surface area contributed by atoms with Crippen LogP contribution in [0, 0.1) is 0 Å². The summed E-state index contributed by atoms with van der Waals surface area (Å²) in [6.45, 7) is 4.11. The lowest BCUT2D eigenvalue weighted by molar-refractivity contribution is 0.746. The maximum atomic E-state index is 5.89. The van der Waals surface area contributed by atoms with Gasteiger partial charge in [0.1, 0.15) is 0 Å². The van der Waals surface area contributed by atoms with Gasteiger partial charge >= 0.3 is 0 Å². The van der Waals surface area contributed by atoms with E-state index in [1.54, 1.807) is 0 Å². The molecule has 0 bridgehead atoms. The van der Waals surface area contributed by atoms with E-state index >= 15 is 0 Å². The summed E-state index contributed by atoms with van der Waals surface area (Å²) in [7, 11) is 0. The van der Waals surface area contributed by atoms with Crippen LogP contribution in [-0.4, -0.2) is 12.1 Å². The summed E-state index contributed by atoms with van der Waals surface area (Å²) < 4.78 is 0.